The second kappa shape index (κ2) is 4.58. The van der Waals surface area contributed by atoms with E-state index in [2.05, 4.69) is 62.2 Å². The Morgan fingerprint density at radius 2 is 1.82 bits per heavy atom. The van der Waals surface area contributed by atoms with Crippen LogP contribution in [0.5, 0.6) is 0 Å². The van der Waals surface area contributed by atoms with Gasteiger partial charge in [0.25, 0.3) is 0 Å². The van der Waals surface area contributed by atoms with Gasteiger partial charge in [0.2, 0.25) is 0 Å². The van der Waals surface area contributed by atoms with Gasteiger partial charge in [0.1, 0.15) is 0 Å². The highest BCUT2D eigenvalue weighted by Crippen LogP contribution is 2.46. The van der Waals surface area contributed by atoms with Gasteiger partial charge in [-0.15, -0.1) is 0 Å². The Hall–Kier alpha value is -0.603. The van der Waals surface area contributed by atoms with Crippen molar-refractivity contribution in [3.05, 3.63) is 35.9 Å². The zero-order valence-corrected chi connectivity index (χ0v) is 12.6. The van der Waals surface area contributed by atoms with Crippen LogP contribution in [0, 0.1) is 0 Å². The average molecular weight is 247 g/mol. The fraction of sp³-hybridized carbons (Fsp3) is 0.600. The zero-order chi connectivity index (χ0) is 12.5. The van der Waals surface area contributed by atoms with E-state index in [-0.39, 0.29) is 0 Å². The molecule has 1 aromatic carbocycles. The van der Waals surface area contributed by atoms with Gasteiger partial charge in [-0.1, -0.05) is 69.7 Å². The summed E-state index contributed by atoms with van der Waals surface area (Å²) in [6.07, 6.45) is 3.90. The topological polar surface area (TPSA) is 21.9 Å². The van der Waals surface area contributed by atoms with Gasteiger partial charge in [0, 0.05) is 5.67 Å². The number of nitrogens with one attached hydrogen (secondary N) is 1. The number of hydrogen-bond acceptors (Lipinski definition) is 1. The lowest BCUT2D eigenvalue weighted by atomic mass is 9.93. The normalized spacial score (nSPS) is 28.1. The summed E-state index contributed by atoms with van der Waals surface area (Å²) in [7, 11) is -1.10. The van der Waals surface area contributed by atoms with Crippen molar-refractivity contribution < 1.29 is 0 Å². The van der Waals surface area contributed by atoms with E-state index in [1.54, 1.807) is 0 Å². The second-order valence-corrected chi connectivity index (χ2v) is 11.7. The first-order valence-corrected chi connectivity index (χ1v) is 10.4. The van der Waals surface area contributed by atoms with Gasteiger partial charge >= 0.3 is 0 Å². The van der Waals surface area contributed by atoms with Crippen LogP contribution in [0.4, 0.5) is 0 Å². The Balaban J connectivity index is 2.23. The molecule has 0 spiro atoms. The molecular formula is C15H25NSi. The highest BCUT2D eigenvalue weighted by molar-refractivity contribution is 6.78. The highest BCUT2D eigenvalue weighted by atomic mass is 28.3. The van der Waals surface area contributed by atoms with Crippen LogP contribution in [0.15, 0.2) is 30.3 Å². The third-order valence-corrected chi connectivity index (χ3v) is 6.26. The lowest BCUT2D eigenvalue weighted by Gasteiger charge is -2.21. The quantitative estimate of drug-likeness (QED) is 0.618. The van der Waals surface area contributed by atoms with Crippen LogP contribution in [0.1, 0.15) is 31.7 Å². The maximum Gasteiger partial charge on any atom is 0.0663 e. The van der Waals surface area contributed by atoms with E-state index < -0.39 is 8.07 Å². The molecule has 17 heavy (non-hydrogen) atoms. The summed E-state index contributed by atoms with van der Waals surface area (Å²) in [4.78, 5) is 0. The molecule has 1 aliphatic rings. The highest BCUT2D eigenvalue weighted by Gasteiger charge is 2.59. The molecule has 1 saturated heterocycles. The van der Waals surface area contributed by atoms with E-state index in [4.69, 9.17) is 0 Å². The fourth-order valence-electron chi connectivity index (χ4n) is 2.97. The Morgan fingerprint density at radius 1 is 1.18 bits per heavy atom. The average Bonchev–Trinajstić information content (AvgIpc) is 3.04. The Labute approximate surface area is 107 Å². The van der Waals surface area contributed by atoms with Crippen molar-refractivity contribution in [2.24, 2.45) is 0 Å². The Morgan fingerprint density at radius 3 is 2.29 bits per heavy atom. The third-order valence-electron chi connectivity index (χ3n) is 3.89. The first-order chi connectivity index (χ1) is 8.00. The summed E-state index contributed by atoms with van der Waals surface area (Å²) in [6, 6.07) is 11.0. The maximum absolute atomic E-state index is 3.84. The molecule has 0 aromatic heterocycles. The standard InChI is InChI=1S/C15H25NSi/c1-5-6-12-15(13-10-8-7-9-11-13)14(16-15)17(2,3)4/h7-11,14,16H,5-6,12H2,1-4H3/t14-,15+/m0/s1. The lowest BCUT2D eigenvalue weighted by molar-refractivity contribution is 0.558. The van der Waals surface area contributed by atoms with Crippen LogP contribution in [-0.4, -0.2) is 13.7 Å². The summed E-state index contributed by atoms with van der Waals surface area (Å²) in [5, 5.41) is 3.84. The molecule has 2 heteroatoms. The Kier molecular flexibility index (Phi) is 3.46. The molecule has 1 N–H and O–H groups in total. The monoisotopic (exact) mass is 247 g/mol. The van der Waals surface area contributed by atoms with E-state index in [9.17, 15) is 0 Å². The molecule has 0 bridgehead atoms. The molecular weight excluding hydrogens is 222 g/mol. The number of unbranched alkanes of at least 4 members (excludes halogenated alkanes) is 1. The molecule has 2 rings (SSSR count). The molecule has 1 nitrogen and oxygen atoms in total. The van der Waals surface area contributed by atoms with E-state index >= 15 is 0 Å². The smallest absolute Gasteiger partial charge is 0.0663 e. The van der Waals surface area contributed by atoms with E-state index in [0.29, 0.717) is 5.54 Å². The van der Waals surface area contributed by atoms with Crippen molar-refractivity contribution in [2.45, 2.75) is 57.0 Å². The zero-order valence-electron chi connectivity index (χ0n) is 11.6. The van der Waals surface area contributed by atoms with Crippen LogP contribution < -0.4 is 5.32 Å². The molecule has 1 fully saturated rings. The lowest BCUT2D eigenvalue weighted by Crippen LogP contribution is -2.34. The summed E-state index contributed by atoms with van der Waals surface area (Å²) < 4.78 is 0. The molecule has 0 radical (unpaired) electrons. The molecule has 0 amide bonds. The number of rotatable bonds is 5. The number of benzene rings is 1. The molecule has 2 atom stereocenters. The van der Waals surface area contributed by atoms with E-state index in [1.165, 1.54) is 24.8 Å². The van der Waals surface area contributed by atoms with Crippen LogP contribution in [-0.2, 0) is 5.54 Å². The Bertz CT molecular complexity index is 368. The van der Waals surface area contributed by atoms with Crippen LogP contribution >= 0.6 is 0 Å². The van der Waals surface area contributed by atoms with Gasteiger partial charge in [-0.3, -0.25) is 0 Å². The van der Waals surface area contributed by atoms with Crippen LogP contribution in [0.2, 0.25) is 19.6 Å². The number of hydrogen-bond donors (Lipinski definition) is 1. The van der Waals surface area contributed by atoms with Crippen molar-refractivity contribution in [2.75, 3.05) is 0 Å². The molecule has 0 aliphatic carbocycles. The largest absolute Gasteiger partial charge is 0.304 e. The van der Waals surface area contributed by atoms with E-state index in [0.717, 1.165) is 5.67 Å². The molecule has 94 valence electrons. The molecule has 1 aromatic rings. The van der Waals surface area contributed by atoms with Crippen LogP contribution in [0.25, 0.3) is 0 Å². The van der Waals surface area contributed by atoms with Gasteiger partial charge in [-0.25, -0.2) is 0 Å². The predicted molar refractivity (Wildman–Crippen MR) is 77.9 cm³/mol. The summed E-state index contributed by atoms with van der Waals surface area (Å²) in [6.45, 7) is 9.70. The van der Waals surface area contributed by atoms with Gasteiger partial charge in [0.15, 0.2) is 0 Å². The van der Waals surface area contributed by atoms with Gasteiger partial charge < -0.3 is 5.32 Å². The molecule has 1 aliphatic heterocycles. The van der Waals surface area contributed by atoms with Crippen molar-refractivity contribution in [1.82, 2.24) is 5.32 Å². The summed E-state index contributed by atoms with van der Waals surface area (Å²) in [5.74, 6) is 0. The molecule has 0 saturated carbocycles. The predicted octanol–water partition coefficient (Wildman–Crippen LogP) is 3.92. The van der Waals surface area contributed by atoms with Gasteiger partial charge in [-0.05, 0) is 12.0 Å². The van der Waals surface area contributed by atoms with Gasteiger partial charge in [0.05, 0.1) is 13.6 Å². The molecule has 0 unspecified atom stereocenters. The van der Waals surface area contributed by atoms with Crippen molar-refractivity contribution in [1.29, 1.82) is 0 Å². The van der Waals surface area contributed by atoms with Gasteiger partial charge in [-0.2, -0.15) is 0 Å². The van der Waals surface area contributed by atoms with Crippen LogP contribution in [0.3, 0.4) is 0 Å². The SMILES string of the molecule is CCCC[C@]1(c2ccccc2)N[C@H]1[Si](C)(C)C. The second-order valence-electron chi connectivity index (χ2n) is 6.38. The minimum absolute atomic E-state index is 0.307. The summed E-state index contributed by atoms with van der Waals surface area (Å²) >= 11 is 0. The van der Waals surface area contributed by atoms with Crippen molar-refractivity contribution >= 4 is 8.07 Å². The first-order valence-electron chi connectivity index (χ1n) is 6.84. The first kappa shape index (κ1) is 12.8. The fourth-order valence-corrected chi connectivity index (χ4v) is 5.45. The minimum atomic E-state index is -1.10. The third kappa shape index (κ3) is 2.48. The maximum atomic E-state index is 3.84. The van der Waals surface area contributed by atoms with Crippen molar-refractivity contribution in [3.8, 4) is 0 Å². The van der Waals surface area contributed by atoms with E-state index in [1.807, 2.05) is 0 Å². The summed E-state index contributed by atoms with van der Waals surface area (Å²) in [5.41, 5.74) is 2.56. The minimum Gasteiger partial charge on any atom is -0.304 e. The molecule has 1 heterocycles. The van der Waals surface area contributed by atoms with Crippen molar-refractivity contribution in [3.63, 3.8) is 0 Å².